The molecule has 2 amide bonds. The lowest BCUT2D eigenvalue weighted by Gasteiger charge is -2.21. The molecule has 4 rings (SSSR count). The van der Waals surface area contributed by atoms with Crippen LogP contribution < -0.4 is 14.8 Å². The number of carbonyl (C=O) groups is 2. The number of hydrogen-bond acceptors (Lipinski definition) is 5. The molecule has 1 fully saturated rings. The zero-order chi connectivity index (χ0) is 24.1. The number of carbonyl (C=O) groups excluding carboxylic acids is 2. The summed E-state index contributed by atoms with van der Waals surface area (Å²) in [4.78, 5) is 32.4. The Labute approximate surface area is 203 Å². The SMILES string of the molecule is COc1ccc(OC)c(C2CN(C(=O)c3cccc(Cl)c3)CC2C(=O)NCc2cccnc2)c1. The van der Waals surface area contributed by atoms with E-state index in [9.17, 15) is 9.59 Å². The van der Waals surface area contributed by atoms with Gasteiger partial charge in [0.1, 0.15) is 11.5 Å². The number of rotatable bonds is 7. The van der Waals surface area contributed by atoms with Gasteiger partial charge in [-0.3, -0.25) is 14.6 Å². The lowest BCUT2D eigenvalue weighted by molar-refractivity contribution is -0.125. The van der Waals surface area contributed by atoms with Crippen molar-refractivity contribution in [3.63, 3.8) is 0 Å². The first-order valence-corrected chi connectivity index (χ1v) is 11.3. The predicted octanol–water partition coefficient (Wildman–Crippen LogP) is 3.92. The van der Waals surface area contributed by atoms with E-state index >= 15 is 0 Å². The number of nitrogens with zero attached hydrogens (tertiary/aromatic N) is 2. The van der Waals surface area contributed by atoms with Crippen molar-refractivity contribution in [3.8, 4) is 11.5 Å². The molecule has 2 aromatic carbocycles. The van der Waals surface area contributed by atoms with Gasteiger partial charge in [0, 0.05) is 54.1 Å². The molecular weight excluding hydrogens is 454 g/mol. The second-order valence-corrected chi connectivity index (χ2v) is 8.56. The Balaban J connectivity index is 1.63. The van der Waals surface area contributed by atoms with E-state index < -0.39 is 5.92 Å². The van der Waals surface area contributed by atoms with Crippen LogP contribution in [0.25, 0.3) is 0 Å². The highest BCUT2D eigenvalue weighted by Gasteiger charge is 2.42. The van der Waals surface area contributed by atoms with Gasteiger partial charge in [-0.1, -0.05) is 23.7 Å². The molecule has 0 saturated carbocycles. The van der Waals surface area contributed by atoms with Crippen LogP contribution in [-0.2, 0) is 11.3 Å². The molecule has 0 bridgehead atoms. The summed E-state index contributed by atoms with van der Waals surface area (Å²) in [5.41, 5.74) is 2.21. The summed E-state index contributed by atoms with van der Waals surface area (Å²) in [5.74, 6) is 0.248. The molecular formula is C26H26ClN3O4. The van der Waals surface area contributed by atoms with Crippen LogP contribution in [0.4, 0.5) is 0 Å². The second-order valence-electron chi connectivity index (χ2n) is 8.12. The number of benzene rings is 2. The minimum atomic E-state index is -0.471. The molecule has 1 aromatic heterocycles. The van der Waals surface area contributed by atoms with Gasteiger partial charge in [0.05, 0.1) is 20.1 Å². The number of nitrogens with one attached hydrogen (secondary N) is 1. The average Bonchev–Trinajstić information content (AvgIpc) is 3.32. The molecule has 176 valence electrons. The van der Waals surface area contributed by atoms with Crippen LogP contribution in [0.5, 0.6) is 11.5 Å². The Bertz CT molecular complexity index is 1170. The second kappa shape index (κ2) is 10.6. The zero-order valence-electron chi connectivity index (χ0n) is 19.0. The summed E-state index contributed by atoms with van der Waals surface area (Å²) in [6.45, 7) is 0.989. The number of aromatic nitrogens is 1. The van der Waals surface area contributed by atoms with E-state index in [1.54, 1.807) is 55.8 Å². The van der Waals surface area contributed by atoms with Crippen LogP contribution in [0.2, 0.25) is 5.02 Å². The Morgan fingerprint density at radius 3 is 2.65 bits per heavy atom. The minimum absolute atomic E-state index is 0.139. The molecule has 0 aliphatic carbocycles. The molecule has 34 heavy (non-hydrogen) atoms. The van der Waals surface area contributed by atoms with Crippen molar-refractivity contribution < 1.29 is 19.1 Å². The van der Waals surface area contributed by atoms with Crippen LogP contribution >= 0.6 is 11.6 Å². The first-order chi connectivity index (χ1) is 16.5. The number of halogens is 1. The molecule has 2 atom stereocenters. The Morgan fingerprint density at radius 1 is 1.09 bits per heavy atom. The van der Waals surface area contributed by atoms with E-state index in [1.807, 2.05) is 30.3 Å². The molecule has 3 aromatic rings. The summed E-state index contributed by atoms with van der Waals surface area (Å²) < 4.78 is 11.0. The van der Waals surface area contributed by atoms with E-state index in [1.165, 1.54) is 0 Å². The summed E-state index contributed by atoms with van der Waals surface area (Å²) in [6, 6.07) is 16.1. The van der Waals surface area contributed by atoms with Crippen molar-refractivity contribution in [2.24, 2.45) is 5.92 Å². The fourth-order valence-electron chi connectivity index (χ4n) is 4.31. The van der Waals surface area contributed by atoms with Gasteiger partial charge in [-0.05, 0) is 48.0 Å². The molecule has 0 spiro atoms. The predicted molar refractivity (Wildman–Crippen MR) is 129 cm³/mol. The highest BCUT2D eigenvalue weighted by molar-refractivity contribution is 6.30. The first kappa shape index (κ1) is 23.6. The lowest BCUT2D eigenvalue weighted by Crippen LogP contribution is -2.35. The van der Waals surface area contributed by atoms with Crippen molar-refractivity contribution in [2.75, 3.05) is 27.3 Å². The number of methoxy groups -OCH3 is 2. The molecule has 1 aliphatic heterocycles. The number of ether oxygens (including phenoxy) is 2. The maximum Gasteiger partial charge on any atom is 0.253 e. The van der Waals surface area contributed by atoms with Crippen molar-refractivity contribution in [2.45, 2.75) is 12.5 Å². The number of likely N-dealkylation sites (tertiary alicyclic amines) is 1. The van der Waals surface area contributed by atoms with E-state index in [0.29, 0.717) is 35.2 Å². The molecule has 2 unspecified atom stereocenters. The molecule has 1 aliphatic rings. The van der Waals surface area contributed by atoms with Gasteiger partial charge in [0.2, 0.25) is 5.91 Å². The number of hydrogen-bond donors (Lipinski definition) is 1. The smallest absolute Gasteiger partial charge is 0.253 e. The van der Waals surface area contributed by atoms with Gasteiger partial charge in [-0.15, -0.1) is 0 Å². The topological polar surface area (TPSA) is 80.8 Å². The molecule has 7 nitrogen and oxygen atoms in total. The minimum Gasteiger partial charge on any atom is -0.497 e. The van der Waals surface area contributed by atoms with Gasteiger partial charge in [-0.2, -0.15) is 0 Å². The summed E-state index contributed by atoms with van der Waals surface area (Å²) in [6.07, 6.45) is 3.40. The van der Waals surface area contributed by atoms with Gasteiger partial charge >= 0.3 is 0 Å². The third kappa shape index (κ3) is 5.15. The monoisotopic (exact) mass is 479 g/mol. The van der Waals surface area contributed by atoms with E-state index in [0.717, 1.165) is 11.1 Å². The van der Waals surface area contributed by atoms with Crippen LogP contribution in [0.3, 0.4) is 0 Å². The maximum atomic E-state index is 13.4. The van der Waals surface area contributed by atoms with Crippen molar-refractivity contribution in [1.82, 2.24) is 15.2 Å². The van der Waals surface area contributed by atoms with E-state index in [2.05, 4.69) is 10.3 Å². The highest BCUT2D eigenvalue weighted by atomic mass is 35.5. The average molecular weight is 480 g/mol. The lowest BCUT2D eigenvalue weighted by atomic mass is 9.87. The molecule has 1 saturated heterocycles. The van der Waals surface area contributed by atoms with Gasteiger partial charge in [-0.25, -0.2) is 0 Å². The van der Waals surface area contributed by atoms with Crippen LogP contribution in [0, 0.1) is 5.92 Å². The third-order valence-electron chi connectivity index (χ3n) is 6.04. The Kier molecular flexibility index (Phi) is 7.33. The largest absolute Gasteiger partial charge is 0.497 e. The molecule has 8 heteroatoms. The quantitative estimate of drug-likeness (QED) is 0.555. The Hall–Kier alpha value is -3.58. The zero-order valence-corrected chi connectivity index (χ0v) is 19.8. The van der Waals surface area contributed by atoms with E-state index in [4.69, 9.17) is 21.1 Å². The van der Waals surface area contributed by atoms with Crippen molar-refractivity contribution in [1.29, 1.82) is 0 Å². The van der Waals surface area contributed by atoms with Gasteiger partial charge in [0.25, 0.3) is 5.91 Å². The normalized spacial score (nSPS) is 17.3. The highest BCUT2D eigenvalue weighted by Crippen LogP contribution is 2.40. The van der Waals surface area contributed by atoms with Crippen LogP contribution in [-0.4, -0.2) is 49.0 Å². The molecule has 1 N–H and O–H groups in total. The summed E-state index contributed by atoms with van der Waals surface area (Å²) in [7, 11) is 3.18. The van der Waals surface area contributed by atoms with Crippen LogP contribution in [0.15, 0.2) is 67.0 Å². The number of pyridine rings is 1. The van der Waals surface area contributed by atoms with Crippen LogP contribution in [0.1, 0.15) is 27.4 Å². The summed E-state index contributed by atoms with van der Waals surface area (Å²) >= 11 is 6.10. The van der Waals surface area contributed by atoms with E-state index in [-0.39, 0.29) is 24.3 Å². The standard InChI is InChI=1S/C26H26ClN3O4/c1-33-20-8-9-24(34-2)21(12-20)22-15-30(26(32)18-6-3-7-19(27)11-18)16-23(22)25(31)29-14-17-5-4-10-28-13-17/h3-13,22-23H,14-16H2,1-2H3,(H,29,31). The van der Waals surface area contributed by atoms with Gasteiger partial charge < -0.3 is 19.7 Å². The van der Waals surface area contributed by atoms with Crippen molar-refractivity contribution in [3.05, 3.63) is 88.7 Å². The third-order valence-corrected chi connectivity index (χ3v) is 6.28. The maximum absolute atomic E-state index is 13.4. The van der Waals surface area contributed by atoms with Crippen molar-refractivity contribution >= 4 is 23.4 Å². The molecule has 0 radical (unpaired) electrons. The summed E-state index contributed by atoms with van der Waals surface area (Å²) in [5, 5.41) is 3.49. The Morgan fingerprint density at radius 2 is 1.94 bits per heavy atom. The first-order valence-electron chi connectivity index (χ1n) is 10.9. The molecule has 2 heterocycles. The number of amides is 2. The fraction of sp³-hybridized carbons (Fsp3) is 0.269. The van der Waals surface area contributed by atoms with Gasteiger partial charge in [0.15, 0.2) is 0 Å². The fourth-order valence-corrected chi connectivity index (χ4v) is 4.50.